The lowest BCUT2D eigenvalue weighted by molar-refractivity contribution is 0.414. The first-order valence-electron chi connectivity index (χ1n) is 8.49. The lowest BCUT2D eigenvalue weighted by Crippen LogP contribution is -2.04. The minimum atomic E-state index is -0.0414. The smallest absolute Gasteiger partial charge is 0.184 e. The molecule has 3 aromatic rings. The highest BCUT2D eigenvalue weighted by atomic mass is 32.2. The van der Waals surface area contributed by atoms with E-state index in [-0.39, 0.29) is 5.25 Å². The summed E-state index contributed by atoms with van der Waals surface area (Å²) in [6.07, 6.45) is 3.89. The Hall–Kier alpha value is -2.78. The molecule has 26 heavy (non-hydrogen) atoms. The SMILES string of the molecule is COc1ccc(C(Sc2ncn[nH]2)c2ccccc2C#N)c(C2CC2)c1. The predicted molar refractivity (Wildman–Crippen MR) is 100 cm³/mol. The molecule has 130 valence electrons. The molecule has 0 spiro atoms. The third-order valence-corrected chi connectivity index (χ3v) is 5.74. The van der Waals surface area contributed by atoms with Gasteiger partial charge < -0.3 is 4.74 Å². The molecule has 1 N–H and O–H groups in total. The van der Waals surface area contributed by atoms with Crippen molar-refractivity contribution in [2.45, 2.75) is 29.2 Å². The number of methoxy groups -OCH3 is 1. The summed E-state index contributed by atoms with van der Waals surface area (Å²) in [5, 5.41) is 17.2. The van der Waals surface area contributed by atoms with Crippen LogP contribution in [0.2, 0.25) is 0 Å². The highest BCUT2D eigenvalue weighted by molar-refractivity contribution is 7.99. The van der Waals surface area contributed by atoms with Gasteiger partial charge in [-0.25, -0.2) is 4.98 Å². The highest BCUT2D eigenvalue weighted by Crippen LogP contribution is 2.49. The van der Waals surface area contributed by atoms with Crippen molar-refractivity contribution in [1.29, 1.82) is 5.26 Å². The van der Waals surface area contributed by atoms with E-state index in [0.717, 1.165) is 16.5 Å². The van der Waals surface area contributed by atoms with Gasteiger partial charge in [0.15, 0.2) is 5.16 Å². The number of nitriles is 1. The Balaban J connectivity index is 1.84. The zero-order valence-corrected chi connectivity index (χ0v) is 15.2. The predicted octanol–water partition coefficient (Wildman–Crippen LogP) is 4.44. The number of nitrogens with zero attached hydrogens (tertiary/aromatic N) is 3. The fourth-order valence-corrected chi connectivity index (χ4v) is 4.26. The number of aromatic amines is 1. The zero-order chi connectivity index (χ0) is 17.9. The number of aromatic nitrogens is 3. The number of benzene rings is 2. The van der Waals surface area contributed by atoms with Crippen LogP contribution in [0.3, 0.4) is 0 Å². The standard InChI is InChI=1S/C20H18N4OS/c1-25-15-8-9-17(18(10-15)13-6-7-13)19(26-20-22-12-23-24-20)16-5-3-2-4-14(16)11-21/h2-5,8-10,12-13,19H,6-7H2,1H3,(H,22,23,24). The Kier molecular flexibility index (Phi) is 4.63. The van der Waals surface area contributed by atoms with Gasteiger partial charge in [-0.3, -0.25) is 5.10 Å². The van der Waals surface area contributed by atoms with Crippen molar-refractivity contribution in [3.63, 3.8) is 0 Å². The van der Waals surface area contributed by atoms with Gasteiger partial charge in [-0.1, -0.05) is 36.0 Å². The first-order valence-corrected chi connectivity index (χ1v) is 9.37. The van der Waals surface area contributed by atoms with Crippen molar-refractivity contribution in [1.82, 2.24) is 15.2 Å². The molecule has 1 aromatic heterocycles. The maximum atomic E-state index is 9.60. The second kappa shape index (κ2) is 7.22. The van der Waals surface area contributed by atoms with Gasteiger partial charge >= 0.3 is 0 Å². The molecule has 1 heterocycles. The van der Waals surface area contributed by atoms with Crippen LogP contribution < -0.4 is 4.74 Å². The number of ether oxygens (including phenoxy) is 1. The average molecular weight is 362 g/mol. The van der Waals surface area contributed by atoms with Gasteiger partial charge in [-0.2, -0.15) is 10.4 Å². The highest BCUT2D eigenvalue weighted by Gasteiger charge is 2.31. The largest absolute Gasteiger partial charge is 0.497 e. The van der Waals surface area contributed by atoms with Crippen molar-refractivity contribution < 1.29 is 4.74 Å². The van der Waals surface area contributed by atoms with Crippen molar-refractivity contribution in [2.75, 3.05) is 7.11 Å². The monoisotopic (exact) mass is 362 g/mol. The Morgan fingerprint density at radius 2 is 2.08 bits per heavy atom. The van der Waals surface area contributed by atoms with Gasteiger partial charge in [-0.15, -0.1) is 0 Å². The maximum Gasteiger partial charge on any atom is 0.184 e. The molecule has 2 aromatic carbocycles. The van der Waals surface area contributed by atoms with E-state index in [2.05, 4.69) is 33.4 Å². The topological polar surface area (TPSA) is 74.6 Å². The van der Waals surface area contributed by atoms with Gasteiger partial charge in [0, 0.05) is 0 Å². The number of hydrogen-bond donors (Lipinski definition) is 1. The first kappa shape index (κ1) is 16.7. The summed E-state index contributed by atoms with van der Waals surface area (Å²) in [4.78, 5) is 4.28. The lowest BCUT2D eigenvalue weighted by atomic mass is 9.94. The number of hydrogen-bond acceptors (Lipinski definition) is 5. The van der Waals surface area contributed by atoms with Crippen molar-refractivity contribution in [3.05, 3.63) is 71.0 Å². The van der Waals surface area contributed by atoms with E-state index in [1.807, 2.05) is 30.3 Å². The van der Waals surface area contributed by atoms with E-state index in [4.69, 9.17) is 4.74 Å². The lowest BCUT2D eigenvalue weighted by Gasteiger charge is -2.21. The molecule has 1 saturated carbocycles. The molecule has 0 saturated heterocycles. The van der Waals surface area contributed by atoms with Gasteiger partial charge in [-0.05, 0) is 53.6 Å². The summed E-state index contributed by atoms with van der Waals surface area (Å²) in [6.45, 7) is 0. The molecule has 1 aliphatic carbocycles. The number of nitrogens with one attached hydrogen (secondary N) is 1. The number of H-pyrrole nitrogens is 1. The van der Waals surface area contributed by atoms with Crippen LogP contribution in [-0.4, -0.2) is 22.3 Å². The third-order valence-electron chi connectivity index (χ3n) is 4.58. The molecular formula is C20H18N4OS. The molecule has 1 atom stereocenters. The molecule has 1 unspecified atom stereocenters. The van der Waals surface area contributed by atoms with E-state index >= 15 is 0 Å². The number of rotatable bonds is 6. The molecule has 6 heteroatoms. The van der Waals surface area contributed by atoms with Crippen LogP contribution >= 0.6 is 11.8 Å². The van der Waals surface area contributed by atoms with E-state index in [9.17, 15) is 5.26 Å². The van der Waals surface area contributed by atoms with Crippen molar-refractivity contribution in [3.8, 4) is 11.8 Å². The second-order valence-electron chi connectivity index (χ2n) is 6.26. The van der Waals surface area contributed by atoms with Crippen molar-refractivity contribution >= 4 is 11.8 Å². The normalized spacial score (nSPS) is 14.6. The van der Waals surface area contributed by atoms with Gasteiger partial charge in [0.2, 0.25) is 0 Å². The summed E-state index contributed by atoms with van der Waals surface area (Å²) in [5.74, 6) is 1.43. The summed E-state index contributed by atoms with van der Waals surface area (Å²) in [5.41, 5.74) is 4.18. The number of thioether (sulfide) groups is 1. The van der Waals surface area contributed by atoms with Gasteiger partial charge in [0.1, 0.15) is 12.1 Å². The summed E-state index contributed by atoms with van der Waals surface area (Å²) < 4.78 is 5.44. The fraction of sp³-hybridized carbons (Fsp3) is 0.250. The van der Waals surface area contributed by atoms with Crippen LogP contribution in [0, 0.1) is 11.3 Å². The van der Waals surface area contributed by atoms with E-state index in [1.54, 1.807) is 18.9 Å². The Morgan fingerprint density at radius 3 is 2.77 bits per heavy atom. The molecule has 0 aliphatic heterocycles. The Bertz CT molecular complexity index is 945. The maximum absolute atomic E-state index is 9.60. The first-order chi connectivity index (χ1) is 12.8. The van der Waals surface area contributed by atoms with E-state index in [0.29, 0.717) is 11.5 Å². The average Bonchev–Trinajstić information content (AvgIpc) is 3.42. The molecule has 5 nitrogen and oxygen atoms in total. The Morgan fingerprint density at radius 1 is 1.23 bits per heavy atom. The minimum Gasteiger partial charge on any atom is -0.497 e. The molecule has 0 radical (unpaired) electrons. The molecule has 0 amide bonds. The van der Waals surface area contributed by atoms with E-state index in [1.165, 1.54) is 30.3 Å². The summed E-state index contributed by atoms with van der Waals surface area (Å²) >= 11 is 1.58. The van der Waals surface area contributed by atoms with Crippen LogP contribution in [0.4, 0.5) is 0 Å². The summed E-state index contributed by atoms with van der Waals surface area (Å²) in [6, 6.07) is 16.3. The quantitative estimate of drug-likeness (QED) is 0.656. The van der Waals surface area contributed by atoms with Gasteiger partial charge in [0.05, 0.1) is 24.0 Å². The summed E-state index contributed by atoms with van der Waals surface area (Å²) in [7, 11) is 1.69. The second-order valence-corrected chi connectivity index (χ2v) is 7.35. The third kappa shape index (κ3) is 3.31. The fourth-order valence-electron chi connectivity index (χ4n) is 3.15. The zero-order valence-electron chi connectivity index (χ0n) is 14.3. The van der Waals surface area contributed by atoms with Crippen molar-refractivity contribution in [2.24, 2.45) is 0 Å². The molecule has 1 aliphatic rings. The van der Waals surface area contributed by atoms with Crippen LogP contribution in [-0.2, 0) is 0 Å². The van der Waals surface area contributed by atoms with Gasteiger partial charge in [0.25, 0.3) is 0 Å². The van der Waals surface area contributed by atoms with E-state index < -0.39 is 0 Å². The van der Waals surface area contributed by atoms with Crippen LogP contribution in [0.15, 0.2) is 53.9 Å². The molecule has 4 rings (SSSR count). The molecule has 0 bridgehead atoms. The van der Waals surface area contributed by atoms with Crippen LogP contribution in [0.5, 0.6) is 5.75 Å². The van der Waals surface area contributed by atoms with Crippen LogP contribution in [0.1, 0.15) is 46.3 Å². The molecule has 1 fully saturated rings. The Labute approximate surface area is 156 Å². The molecular weight excluding hydrogens is 344 g/mol. The minimum absolute atomic E-state index is 0.0414. The van der Waals surface area contributed by atoms with Crippen LogP contribution in [0.25, 0.3) is 0 Å².